The maximum atomic E-state index is 12.4. The number of ether oxygens (including phenoxy) is 1. The van der Waals surface area contributed by atoms with Gasteiger partial charge in [0.15, 0.2) is 0 Å². The molecule has 0 spiro atoms. The summed E-state index contributed by atoms with van der Waals surface area (Å²) in [6.45, 7) is 0.843. The van der Waals surface area contributed by atoms with E-state index in [4.69, 9.17) is 4.74 Å². The summed E-state index contributed by atoms with van der Waals surface area (Å²) in [5.41, 5.74) is 3.43. The van der Waals surface area contributed by atoms with E-state index in [2.05, 4.69) is 41.7 Å². The molecule has 0 radical (unpaired) electrons. The first-order valence-corrected chi connectivity index (χ1v) is 9.22. The van der Waals surface area contributed by atoms with E-state index in [0.717, 1.165) is 36.4 Å². The summed E-state index contributed by atoms with van der Waals surface area (Å²) in [4.78, 5) is 14.4. The molecule has 2 aromatic carbocycles. The molecule has 1 N–H and O–H groups in total. The first-order chi connectivity index (χ1) is 12.7. The zero-order chi connectivity index (χ0) is 17.9. The number of carbonyl (C=O) groups excluding carboxylic acids is 1. The minimum Gasteiger partial charge on any atom is -0.497 e. The number of fused-ring (bicyclic) bond motifs is 1. The summed E-state index contributed by atoms with van der Waals surface area (Å²) < 4.78 is 5.41. The van der Waals surface area contributed by atoms with Crippen LogP contribution in [0.3, 0.4) is 0 Å². The molecule has 2 aliphatic heterocycles. The number of nitrogens with one attached hydrogen (secondary N) is 1. The van der Waals surface area contributed by atoms with Crippen molar-refractivity contribution < 1.29 is 9.53 Å². The molecule has 1 amide bonds. The van der Waals surface area contributed by atoms with Gasteiger partial charge in [-0.15, -0.1) is 0 Å². The van der Waals surface area contributed by atoms with Crippen LogP contribution < -0.4 is 10.1 Å². The van der Waals surface area contributed by atoms with Crippen molar-refractivity contribution in [3.8, 4) is 5.75 Å². The van der Waals surface area contributed by atoms with Crippen molar-refractivity contribution in [3.63, 3.8) is 0 Å². The van der Waals surface area contributed by atoms with Crippen LogP contribution in [-0.4, -0.2) is 30.5 Å². The van der Waals surface area contributed by atoms with Gasteiger partial charge < -0.3 is 15.0 Å². The number of anilines is 1. The van der Waals surface area contributed by atoms with Crippen LogP contribution in [-0.2, 0) is 4.79 Å². The Morgan fingerprint density at radius 1 is 1.19 bits per heavy atom. The lowest BCUT2D eigenvalue weighted by Gasteiger charge is -2.37. The van der Waals surface area contributed by atoms with E-state index in [1.807, 2.05) is 29.2 Å². The van der Waals surface area contributed by atoms with Crippen molar-refractivity contribution in [2.75, 3.05) is 19.0 Å². The Balaban J connectivity index is 1.64. The highest BCUT2D eigenvalue weighted by molar-refractivity contribution is 5.79. The highest BCUT2D eigenvalue weighted by Gasteiger charge is 2.34. The molecule has 2 aromatic rings. The lowest BCUT2D eigenvalue weighted by atomic mass is 9.91. The molecule has 4 rings (SSSR count). The van der Waals surface area contributed by atoms with E-state index in [-0.39, 0.29) is 18.0 Å². The highest BCUT2D eigenvalue weighted by atomic mass is 16.5. The Bertz CT molecular complexity index is 816. The molecular weight excluding hydrogens is 324 g/mol. The van der Waals surface area contributed by atoms with E-state index in [1.165, 1.54) is 5.56 Å². The number of benzene rings is 2. The van der Waals surface area contributed by atoms with E-state index in [0.29, 0.717) is 6.42 Å². The standard InChI is InChI=1S/C22H24N2O2/c1-26-18-11-12-20-19(15-18)21(24-13-5-8-22(24)25)14-17(23-20)10-9-16-6-3-2-4-7-16/h2-4,6-7,9-12,15,17,21,23H,5,8,13-14H2,1H3/b10-9+/t17-,21+/m1/s1. The van der Waals surface area contributed by atoms with Crippen LogP contribution in [0.15, 0.2) is 54.6 Å². The zero-order valence-corrected chi connectivity index (χ0v) is 15.0. The van der Waals surface area contributed by atoms with Gasteiger partial charge in [0, 0.05) is 30.3 Å². The fraction of sp³-hybridized carbons (Fsp3) is 0.318. The molecule has 0 bridgehead atoms. The largest absolute Gasteiger partial charge is 0.497 e. The van der Waals surface area contributed by atoms with Crippen LogP contribution in [0.5, 0.6) is 5.75 Å². The highest BCUT2D eigenvalue weighted by Crippen LogP contribution is 2.40. The van der Waals surface area contributed by atoms with Crippen molar-refractivity contribution in [2.24, 2.45) is 0 Å². The number of rotatable bonds is 4. The predicted octanol–water partition coefficient (Wildman–Crippen LogP) is 4.26. The van der Waals surface area contributed by atoms with Gasteiger partial charge in [0.25, 0.3) is 0 Å². The number of nitrogens with zero attached hydrogens (tertiary/aromatic N) is 1. The van der Waals surface area contributed by atoms with Crippen molar-refractivity contribution in [1.82, 2.24) is 4.90 Å². The van der Waals surface area contributed by atoms with Crippen molar-refractivity contribution >= 4 is 17.7 Å². The molecule has 0 unspecified atom stereocenters. The SMILES string of the molecule is COc1ccc2c(c1)[C@@H](N1CCCC1=O)C[C@@H](/C=C/c1ccccc1)N2. The molecule has 4 nitrogen and oxygen atoms in total. The summed E-state index contributed by atoms with van der Waals surface area (Å²) >= 11 is 0. The fourth-order valence-electron chi connectivity index (χ4n) is 3.91. The quantitative estimate of drug-likeness (QED) is 0.898. The average Bonchev–Trinajstić information content (AvgIpc) is 3.12. The first kappa shape index (κ1) is 16.7. The summed E-state index contributed by atoms with van der Waals surface area (Å²) in [5, 5.41) is 3.61. The van der Waals surface area contributed by atoms with Crippen LogP contribution in [0.2, 0.25) is 0 Å². The first-order valence-electron chi connectivity index (χ1n) is 9.22. The number of hydrogen-bond donors (Lipinski definition) is 1. The van der Waals surface area contributed by atoms with Crippen LogP contribution in [0, 0.1) is 0 Å². The van der Waals surface area contributed by atoms with E-state index < -0.39 is 0 Å². The number of likely N-dealkylation sites (tertiary alicyclic amines) is 1. The third kappa shape index (κ3) is 3.32. The Kier molecular flexibility index (Phi) is 4.65. The second-order valence-corrected chi connectivity index (χ2v) is 6.92. The van der Waals surface area contributed by atoms with Gasteiger partial charge in [0.1, 0.15) is 5.75 Å². The van der Waals surface area contributed by atoms with Crippen LogP contribution >= 0.6 is 0 Å². The summed E-state index contributed by atoms with van der Waals surface area (Å²) in [6, 6.07) is 16.7. The molecule has 26 heavy (non-hydrogen) atoms. The number of methoxy groups -OCH3 is 1. The minimum atomic E-state index is 0.0989. The van der Waals surface area contributed by atoms with Crippen molar-refractivity contribution in [2.45, 2.75) is 31.3 Å². The lowest BCUT2D eigenvalue weighted by molar-refractivity contribution is -0.130. The summed E-state index contributed by atoms with van der Waals surface area (Å²) in [6.07, 6.45) is 6.83. The van der Waals surface area contributed by atoms with Crippen LogP contribution in [0.4, 0.5) is 5.69 Å². The number of amides is 1. The monoisotopic (exact) mass is 348 g/mol. The second-order valence-electron chi connectivity index (χ2n) is 6.92. The molecule has 0 saturated carbocycles. The van der Waals surface area contributed by atoms with Gasteiger partial charge in [0.2, 0.25) is 5.91 Å². The number of carbonyl (C=O) groups is 1. The van der Waals surface area contributed by atoms with Gasteiger partial charge in [0.05, 0.1) is 13.2 Å². The van der Waals surface area contributed by atoms with Crippen LogP contribution in [0.1, 0.15) is 36.4 Å². The predicted molar refractivity (Wildman–Crippen MR) is 104 cm³/mol. The fourth-order valence-corrected chi connectivity index (χ4v) is 3.91. The van der Waals surface area contributed by atoms with Gasteiger partial charge in [-0.2, -0.15) is 0 Å². The average molecular weight is 348 g/mol. The summed E-state index contributed by atoms with van der Waals surface area (Å²) in [7, 11) is 1.68. The Morgan fingerprint density at radius 2 is 2.04 bits per heavy atom. The zero-order valence-electron chi connectivity index (χ0n) is 15.0. The topological polar surface area (TPSA) is 41.6 Å². The minimum absolute atomic E-state index is 0.0989. The molecule has 2 heterocycles. The van der Waals surface area contributed by atoms with E-state index in [1.54, 1.807) is 7.11 Å². The normalized spacial score (nSPS) is 22.3. The molecule has 1 fully saturated rings. The van der Waals surface area contributed by atoms with Crippen LogP contribution in [0.25, 0.3) is 6.08 Å². The second kappa shape index (κ2) is 7.24. The number of hydrogen-bond acceptors (Lipinski definition) is 3. The van der Waals surface area contributed by atoms with Crippen molar-refractivity contribution in [1.29, 1.82) is 0 Å². The van der Waals surface area contributed by atoms with Gasteiger partial charge in [-0.3, -0.25) is 4.79 Å². The smallest absolute Gasteiger partial charge is 0.223 e. The van der Waals surface area contributed by atoms with Gasteiger partial charge in [-0.05, 0) is 36.6 Å². The maximum Gasteiger partial charge on any atom is 0.223 e. The maximum absolute atomic E-state index is 12.4. The van der Waals surface area contributed by atoms with E-state index in [9.17, 15) is 4.79 Å². The molecule has 4 heteroatoms. The Labute approximate surface area is 154 Å². The lowest BCUT2D eigenvalue weighted by Crippen LogP contribution is -2.37. The van der Waals surface area contributed by atoms with Gasteiger partial charge in [-0.1, -0.05) is 42.5 Å². The summed E-state index contributed by atoms with van der Waals surface area (Å²) in [5.74, 6) is 1.09. The molecule has 2 atom stereocenters. The third-order valence-electron chi connectivity index (χ3n) is 5.24. The van der Waals surface area contributed by atoms with Gasteiger partial charge >= 0.3 is 0 Å². The molecule has 0 aliphatic carbocycles. The van der Waals surface area contributed by atoms with E-state index >= 15 is 0 Å². The third-order valence-corrected chi connectivity index (χ3v) is 5.24. The molecule has 2 aliphatic rings. The molecule has 0 aromatic heterocycles. The Hall–Kier alpha value is -2.75. The van der Waals surface area contributed by atoms with Gasteiger partial charge in [-0.25, -0.2) is 0 Å². The molecule has 1 saturated heterocycles. The van der Waals surface area contributed by atoms with Crippen molar-refractivity contribution in [3.05, 3.63) is 65.7 Å². The molecule has 134 valence electrons. The Morgan fingerprint density at radius 3 is 2.77 bits per heavy atom. The molecular formula is C22H24N2O2.